The smallest absolute Gasteiger partial charge is 0.131 e. The van der Waals surface area contributed by atoms with Gasteiger partial charge in [0, 0.05) is 29.7 Å². The molecule has 2 rings (SSSR count). The average Bonchev–Trinajstić information content (AvgIpc) is 2.20. The van der Waals surface area contributed by atoms with Crippen LogP contribution in [0.3, 0.4) is 0 Å². The van der Waals surface area contributed by atoms with Crippen LogP contribution in [-0.4, -0.2) is 15.0 Å². The predicted molar refractivity (Wildman–Crippen MR) is 49.7 cm³/mol. The van der Waals surface area contributed by atoms with E-state index in [2.05, 4.69) is 15.0 Å². The molecule has 0 atom stereocenters. The van der Waals surface area contributed by atoms with Gasteiger partial charge in [0.2, 0.25) is 0 Å². The van der Waals surface area contributed by atoms with Crippen LogP contribution in [-0.2, 0) is 0 Å². The number of anilines is 1. The summed E-state index contributed by atoms with van der Waals surface area (Å²) in [5.41, 5.74) is 7.43. The third-order valence-electron chi connectivity index (χ3n) is 1.71. The number of hydrogen-bond acceptors (Lipinski definition) is 4. The van der Waals surface area contributed by atoms with Crippen molar-refractivity contribution >= 4 is 5.82 Å². The number of nitrogens with two attached hydrogens (primary N) is 1. The monoisotopic (exact) mass is 172 g/mol. The Hall–Kier alpha value is -1.97. The molecule has 0 bridgehead atoms. The third kappa shape index (κ3) is 1.46. The second kappa shape index (κ2) is 3.18. The highest BCUT2D eigenvalue weighted by molar-refractivity contribution is 5.71. The Morgan fingerprint density at radius 3 is 2.62 bits per heavy atom. The van der Waals surface area contributed by atoms with Crippen molar-refractivity contribution in [3.63, 3.8) is 0 Å². The summed E-state index contributed by atoms with van der Waals surface area (Å²) in [5.74, 6) is 0.498. The summed E-state index contributed by atoms with van der Waals surface area (Å²) in [4.78, 5) is 11.8. The van der Waals surface area contributed by atoms with Gasteiger partial charge in [0.05, 0.1) is 0 Å². The first-order chi connectivity index (χ1) is 6.38. The fraction of sp³-hybridized carbons (Fsp3) is 0. The Bertz CT molecular complexity index is 399. The van der Waals surface area contributed by atoms with E-state index < -0.39 is 0 Å². The molecule has 4 heteroatoms. The molecule has 0 unspecified atom stereocenters. The van der Waals surface area contributed by atoms with E-state index >= 15 is 0 Å². The molecule has 0 fully saturated rings. The topological polar surface area (TPSA) is 64.7 Å². The van der Waals surface area contributed by atoms with E-state index in [0.717, 1.165) is 11.1 Å². The molecular weight excluding hydrogens is 164 g/mol. The van der Waals surface area contributed by atoms with E-state index in [1.165, 1.54) is 6.33 Å². The lowest BCUT2D eigenvalue weighted by atomic mass is 10.1. The molecule has 0 saturated carbocycles. The number of aromatic nitrogens is 3. The highest BCUT2D eigenvalue weighted by Gasteiger charge is 2.01. The number of hydrogen-bond donors (Lipinski definition) is 1. The molecule has 0 aliphatic rings. The Labute approximate surface area is 75.5 Å². The average molecular weight is 172 g/mol. The van der Waals surface area contributed by atoms with Crippen LogP contribution in [0.25, 0.3) is 11.1 Å². The molecule has 2 heterocycles. The highest BCUT2D eigenvalue weighted by atomic mass is 14.8. The van der Waals surface area contributed by atoms with Crippen LogP contribution in [0.2, 0.25) is 0 Å². The molecule has 0 saturated heterocycles. The largest absolute Gasteiger partial charge is 0.383 e. The van der Waals surface area contributed by atoms with Crippen molar-refractivity contribution in [1.82, 2.24) is 15.0 Å². The molecule has 0 amide bonds. The van der Waals surface area contributed by atoms with E-state index in [0.29, 0.717) is 5.82 Å². The molecule has 2 aromatic heterocycles. The van der Waals surface area contributed by atoms with Crippen molar-refractivity contribution in [1.29, 1.82) is 0 Å². The van der Waals surface area contributed by atoms with Crippen LogP contribution in [0, 0.1) is 0 Å². The van der Waals surface area contributed by atoms with E-state index in [1.54, 1.807) is 18.6 Å². The third-order valence-corrected chi connectivity index (χ3v) is 1.71. The second-order valence-corrected chi connectivity index (χ2v) is 2.56. The molecule has 0 aliphatic carbocycles. The molecule has 4 nitrogen and oxygen atoms in total. The minimum Gasteiger partial charge on any atom is -0.383 e. The van der Waals surface area contributed by atoms with Crippen molar-refractivity contribution < 1.29 is 0 Å². The fourth-order valence-electron chi connectivity index (χ4n) is 1.10. The lowest BCUT2D eigenvalue weighted by Crippen LogP contribution is -1.93. The summed E-state index contributed by atoms with van der Waals surface area (Å²) in [5, 5.41) is 0. The van der Waals surface area contributed by atoms with E-state index in [4.69, 9.17) is 5.73 Å². The van der Waals surface area contributed by atoms with Gasteiger partial charge in [0.15, 0.2) is 0 Å². The van der Waals surface area contributed by atoms with Crippen molar-refractivity contribution in [3.8, 4) is 11.1 Å². The van der Waals surface area contributed by atoms with E-state index in [9.17, 15) is 0 Å². The summed E-state index contributed by atoms with van der Waals surface area (Å²) in [6.45, 7) is 0. The molecule has 0 spiro atoms. The maximum absolute atomic E-state index is 5.69. The highest BCUT2D eigenvalue weighted by Crippen LogP contribution is 2.21. The van der Waals surface area contributed by atoms with E-state index in [-0.39, 0.29) is 0 Å². The van der Waals surface area contributed by atoms with Gasteiger partial charge >= 0.3 is 0 Å². The molecule has 0 aliphatic heterocycles. The number of nitrogens with zero attached hydrogens (tertiary/aromatic N) is 3. The van der Waals surface area contributed by atoms with Gasteiger partial charge in [0.25, 0.3) is 0 Å². The first-order valence-corrected chi connectivity index (χ1v) is 3.84. The van der Waals surface area contributed by atoms with Gasteiger partial charge in [-0.05, 0) is 12.1 Å². The summed E-state index contributed by atoms with van der Waals surface area (Å²) in [6.07, 6.45) is 6.55. The first kappa shape index (κ1) is 7.67. The zero-order chi connectivity index (χ0) is 9.10. The maximum Gasteiger partial charge on any atom is 0.131 e. The van der Waals surface area contributed by atoms with Crippen LogP contribution in [0.1, 0.15) is 0 Å². The molecular formula is C9H8N4. The summed E-state index contributed by atoms with van der Waals surface area (Å²) < 4.78 is 0. The lowest BCUT2D eigenvalue weighted by Gasteiger charge is -2.01. The Kier molecular flexibility index (Phi) is 1.88. The van der Waals surface area contributed by atoms with Gasteiger partial charge in [0.1, 0.15) is 12.1 Å². The molecule has 64 valence electrons. The van der Waals surface area contributed by atoms with Gasteiger partial charge in [-0.1, -0.05) is 0 Å². The minimum absolute atomic E-state index is 0.498. The minimum atomic E-state index is 0.498. The molecule has 0 aromatic carbocycles. The normalized spacial score (nSPS) is 9.85. The Balaban J connectivity index is 2.54. The van der Waals surface area contributed by atoms with Gasteiger partial charge < -0.3 is 5.73 Å². The zero-order valence-corrected chi connectivity index (χ0v) is 6.88. The van der Waals surface area contributed by atoms with Crippen LogP contribution >= 0.6 is 0 Å². The molecule has 13 heavy (non-hydrogen) atoms. The van der Waals surface area contributed by atoms with Crippen molar-refractivity contribution in [2.75, 3.05) is 5.73 Å². The van der Waals surface area contributed by atoms with Crippen LogP contribution in [0.5, 0.6) is 0 Å². The van der Waals surface area contributed by atoms with Crippen LogP contribution in [0.15, 0.2) is 37.1 Å². The first-order valence-electron chi connectivity index (χ1n) is 3.84. The van der Waals surface area contributed by atoms with Gasteiger partial charge in [-0.3, -0.25) is 0 Å². The quantitative estimate of drug-likeness (QED) is 0.700. The molecule has 0 radical (unpaired) electrons. The SMILES string of the molecule is Nc1ncccc1-c1cncnc1. The van der Waals surface area contributed by atoms with Gasteiger partial charge in [-0.25, -0.2) is 15.0 Å². The Morgan fingerprint density at radius 1 is 1.15 bits per heavy atom. The standard InChI is InChI=1S/C9H8N4/c10-9-8(2-1-3-13-9)7-4-11-6-12-5-7/h1-6H,(H2,10,13). The molecule has 2 aromatic rings. The summed E-state index contributed by atoms with van der Waals surface area (Å²) in [6, 6.07) is 3.72. The van der Waals surface area contributed by atoms with Crippen molar-refractivity contribution in [2.24, 2.45) is 0 Å². The maximum atomic E-state index is 5.69. The summed E-state index contributed by atoms with van der Waals surface area (Å²) in [7, 11) is 0. The Morgan fingerprint density at radius 2 is 1.92 bits per heavy atom. The summed E-state index contributed by atoms with van der Waals surface area (Å²) >= 11 is 0. The van der Waals surface area contributed by atoms with Crippen molar-refractivity contribution in [2.45, 2.75) is 0 Å². The fourth-order valence-corrected chi connectivity index (χ4v) is 1.10. The number of rotatable bonds is 1. The number of nitrogen functional groups attached to an aromatic ring is 1. The van der Waals surface area contributed by atoms with Crippen LogP contribution < -0.4 is 5.73 Å². The van der Waals surface area contributed by atoms with E-state index in [1.807, 2.05) is 12.1 Å². The molecule has 2 N–H and O–H groups in total. The van der Waals surface area contributed by atoms with Crippen LogP contribution in [0.4, 0.5) is 5.82 Å². The van der Waals surface area contributed by atoms with Gasteiger partial charge in [-0.15, -0.1) is 0 Å². The van der Waals surface area contributed by atoms with Crippen molar-refractivity contribution in [3.05, 3.63) is 37.1 Å². The second-order valence-electron chi connectivity index (χ2n) is 2.56. The number of pyridine rings is 1. The van der Waals surface area contributed by atoms with Gasteiger partial charge in [-0.2, -0.15) is 0 Å². The lowest BCUT2D eigenvalue weighted by molar-refractivity contribution is 1.17. The zero-order valence-electron chi connectivity index (χ0n) is 6.88. The predicted octanol–water partition coefficient (Wildman–Crippen LogP) is 1.12.